The molecular weight excluding hydrogens is 275 g/mol. The predicted octanol–water partition coefficient (Wildman–Crippen LogP) is -2.13. The Kier molecular flexibility index (Phi) is 3.47. The smallest absolute Gasteiger partial charge is 0.393 e. The van der Waals surface area contributed by atoms with Crippen LogP contribution in [0, 0.1) is 0 Å². The molecule has 10 heteroatoms. The molecule has 5 atom stereocenters. The number of carbonyl (C=O) groups is 1. The highest BCUT2D eigenvalue weighted by Gasteiger charge is 2.60. The number of halogens is 3. The SMILES string of the molecule is O=C(N[C@H]1C2OC[C@](CO)(O2)[C@H](O)[C@@H]1O)C(F)(F)F. The van der Waals surface area contributed by atoms with Gasteiger partial charge in [0.05, 0.1) is 13.2 Å². The number of hydrogen-bond donors (Lipinski definition) is 4. The Bertz CT molecular complexity index is 377. The Morgan fingerprint density at radius 3 is 2.58 bits per heavy atom. The largest absolute Gasteiger partial charge is 0.471 e. The fourth-order valence-electron chi connectivity index (χ4n) is 2.09. The Balaban J connectivity index is 2.14. The van der Waals surface area contributed by atoms with Crippen molar-refractivity contribution in [1.29, 1.82) is 0 Å². The van der Waals surface area contributed by atoms with Crippen molar-refractivity contribution in [3.8, 4) is 0 Å². The second-order valence-electron chi connectivity index (χ2n) is 4.45. The molecule has 0 aromatic carbocycles. The molecule has 0 aromatic heterocycles. The fourth-order valence-corrected chi connectivity index (χ4v) is 2.09. The summed E-state index contributed by atoms with van der Waals surface area (Å²) >= 11 is 0. The number of amides is 1. The molecule has 0 saturated carbocycles. The molecule has 1 unspecified atom stereocenters. The minimum Gasteiger partial charge on any atom is -0.393 e. The van der Waals surface area contributed by atoms with Crippen molar-refractivity contribution in [3.63, 3.8) is 0 Å². The summed E-state index contributed by atoms with van der Waals surface area (Å²) in [5.74, 6) is -2.28. The maximum Gasteiger partial charge on any atom is 0.471 e. The molecule has 7 nitrogen and oxygen atoms in total. The third kappa shape index (κ3) is 2.30. The number of aliphatic hydroxyl groups excluding tert-OH is 3. The number of ether oxygens (including phenoxy) is 2. The van der Waals surface area contributed by atoms with E-state index in [1.165, 1.54) is 5.32 Å². The lowest BCUT2D eigenvalue weighted by Crippen LogP contribution is -2.67. The summed E-state index contributed by atoms with van der Waals surface area (Å²) in [6.07, 6.45) is -9.93. The van der Waals surface area contributed by atoms with Crippen LogP contribution in [0.5, 0.6) is 0 Å². The van der Waals surface area contributed by atoms with Crippen LogP contribution in [0.3, 0.4) is 0 Å². The summed E-state index contributed by atoms with van der Waals surface area (Å²) in [6, 6.07) is -1.58. The summed E-state index contributed by atoms with van der Waals surface area (Å²) in [5.41, 5.74) is -1.58. The Labute approximate surface area is 104 Å². The van der Waals surface area contributed by atoms with E-state index in [1.807, 2.05) is 0 Å². The summed E-state index contributed by atoms with van der Waals surface area (Å²) in [6.45, 7) is -0.980. The van der Waals surface area contributed by atoms with Gasteiger partial charge in [0.1, 0.15) is 23.9 Å². The molecule has 2 aliphatic heterocycles. The van der Waals surface area contributed by atoms with E-state index in [9.17, 15) is 28.2 Å². The molecule has 0 aliphatic carbocycles. The van der Waals surface area contributed by atoms with Gasteiger partial charge in [0, 0.05) is 0 Å². The van der Waals surface area contributed by atoms with E-state index in [0.717, 1.165) is 0 Å². The monoisotopic (exact) mass is 287 g/mol. The summed E-state index contributed by atoms with van der Waals surface area (Å²) in [7, 11) is 0. The number of alkyl halides is 3. The second kappa shape index (κ2) is 4.56. The first-order valence-corrected chi connectivity index (χ1v) is 5.35. The van der Waals surface area contributed by atoms with Crippen molar-refractivity contribution in [1.82, 2.24) is 5.32 Å². The first-order valence-electron chi connectivity index (χ1n) is 5.35. The van der Waals surface area contributed by atoms with Crippen molar-refractivity contribution >= 4 is 5.91 Å². The van der Waals surface area contributed by atoms with Crippen LogP contribution in [0.2, 0.25) is 0 Å². The van der Waals surface area contributed by atoms with Crippen molar-refractivity contribution in [2.24, 2.45) is 0 Å². The van der Waals surface area contributed by atoms with Gasteiger partial charge in [-0.1, -0.05) is 0 Å². The van der Waals surface area contributed by atoms with Crippen LogP contribution in [-0.4, -0.2) is 70.8 Å². The predicted molar refractivity (Wildman–Crippen MR) is 50.6 cm³/mol. The standard InChI is InChI=1S/C9H12F3NO6/c10-9(11,12)7(17)13-3-4(15)5(16)8(1-14)2-18-6(3)19-8/h3-6,14-16H,1-2H2,(H,13,17)/t3-,4-,5-,6?,8+/m1/s1. The van der Waals surface area contributed by atoms with Crippen LogP contribution >= 0.6 is 0 Å². The van der Waals surface area contributed by atoms with Crippen molar-refractivity contribution in [2.75, 3.05) is 13.2 Å². The number of fused-ring (bicyclic) bond motifs is 2. The van der Waals surface area contributed by atoms with Gasteiger partial charge >= 0.3 is 12.1 Å². The Morgan fingerprint density at radius 1 is 1.42 bits per heavy atom. The average Bonchev–Trinajstić information content (AvgIpc) is 2.74. The number of aliphatic hydroxyl groups is 3. The van der Waals surface area contributed by atoms with Gasteiger partial charge < -0.3 is 30.1 Å². The molecule has 2 aliphatic rings. The quantitative estimate of drug-likeness (QED) is 0.462. The van der Waals surface area contributed by atoms with E-state index < -0.39 is 48.8 Å². The Hall–Kier alpha value is -0.940. The van der Waals surface area contributed by atoms with Crippen LogP contribution in [0.4, 0.5) is 13.2 Å². The summed E-state index contributed by atoms with van der Waals surface area (Å²) in [4.78, 5) is 10.8. The van der Waals surface area contributed by atoms with Gasteiger partial charge in [-0.05, 0) is 0 Å². The number of hydrogen-bond acceptors (Lipinski definition) is 6. The second-order valence-corrected chi connectivity index (χ2v) is 4.45. The van der Waals surface area contributed by atoms with E-state index in [0.29, 0.717) is 0 Å². The molecule has 19 heavy (non-hydrogen) atoms. The highest BCUT2D eigenvalue weighted by molar-refractivity contribution is 5.82. The molecule has 2 heterocycles. The van der Waals surface area contributed by atoms with Gasteiger partial charge in [0.15, 0.2) is 6.29 Å². The molecular formula is C9H12F3NO6. The van der Waals surface area contributed by atoms with Crippen LogP contribution in [-0.2, 0) is 14.3 Å². The molecule has 0 aromatic rings. The third-order valence-corrected chi connectivity index (χ3v) is 3.19. The topological polar surface area (TPSA) is 108 Å². The van der Waals surface area contributed by atoms with E-state index in [2.05, 4.69) is 0 Å². The molecule has 0 spiro atoms. The molecule has 2 fully saturated rings. The van der Waals surface area contributed by atoms with E-state index >= 15 is 0 Å². The summed E-state index contributed by atoms with van der Waals surface area (Å²) in [5, 5.41) is 30.1. The van der Waals surface area contributed by atoms with E-state index in [4.69, 9.17) is 14.6 Å². The zero-order valence-corrected chi connectivity index (χ0v) is 9.42. The van der Waals surface area contributed by atoms with E-state index in [1.54, 1.807) is 0 Å². The van der Waals surface area contributed by atoms with Crippen LogP contribution in [0.25, 0.3) is 0 Å². The maximum absolute atomic E-state index is 12.1. The molecule has 2 bridgehead atoms. The number of nitrogens with one attached hydrogen (secondary N) is 1. The van der Waals surface area contributed by atoms with Gasteiger partial charge in [-0.15, -0.1) is 0 Å². The normalized spacial score (nSPS) is 42.2. The molecule has 2 saturated heterocycles. The number of rotatable bonds is 2. The van der Waals surface area contributed by atoms with Gasteiger partial charge in [-0.3, -0.25) is 4.79 Å². The zero-order chi connectivity index (χ0) is 14.4. The zero-order valence-electron chi connectivity index (χ0n) is 9.42. The van der Waals surface area contributed by atoms with Gasteiger partial charge in [-0.25, -0.2) is 0 Å². The number of carbonyl (C=O) groups excluding carboxylic acids is 1. The molecule has 1 amide bonds. The first-order chi connectivity index (χ1) is 8.71. The maximum atomic E-state index is 12.1. The van der Waals surface area contributed by atoms with Crippen molar-refractivity contribution in [2.45, 2.75) is 36.3 Å². The lowest BCUT2D eigenvalue weighted by atomic mass is 9.88. The fraction of sp³-hybridized carbons (Fsp3) is 0.889. The van der Waals surface area contributed by atoms with Gasteiger partial charge in [0.25, 0.3) is 0 Å². The van der Waals surface area contributed by atoms with Crippen LogP contribution in [0.1, 0.15) is 0 Å². The van der Waals surface area contributed by atoms with Gasteiger partial charge in [0.2, 0.25) is 0 Å². The van der Waals surface area contributed by atoms with Crippen molar-refractivity contribution < 1.29 is 42.8 Å². The lowest BCUT2D eigenvalue weighted by molar-refractivity contribution is -0.236. The summed E-state index contributed by atoms with van der Waals surface area (Å²) < 4.78 is 46.4. The minimum absolute atomic E-state index is 0.301. The van der Waals surface area contributed by atoms with Crippen LogP contribution in [0.15, 0.2) is 0 Å². The van der Waals surface area contributed by atoms with Crippen molar-refractivity contribution in [3.05, 3.63) is 0 Å². The molecule has 2 rings (SSSR count). The van der Waals surface area contributed by atoms with Crippen LogP contribution < -0.4 is 5.32 Å². The van der Waals surface area contributed by atoms with Gasteiger partial charge in [-0.2, -0.15) is 13.2 Å². The Morgan fingerprint density at radius 2 is 2.05 bits per heavy atom. The average molecular weight is 287 g/mol. The highest BCUT2D eigenvalue weighted by atomic mass is 19.4. The van der Waals surface area contributed by atoms with E-state index in [-0.39, 0.29) is 6.61 Å². The minimum atomic E-state index is -5.13. The third-order valence-electron chi connectivity index (χ3n) is 3.19. The molecule has 0 radical (unpaired) electrons. The highest BCUT2D eigenvalue weighted by Crippen LogP contribution is 2.36. The molecule has 4 N–H and O–H groups in total. The lowest BCUT2D eigenvalue weighted by Gasteiger charge is -2.41. The first kappa shape index (κ1) is 14.5. The molecule has 110 valence electrons.